The number of aliphatic carboxylic acids is 1. The zero-order valence-electron chi connectivity index (χ0n) is 12.7. The number of para-hydroxylation sites is 1. The molecule has 0 heterocycles. The first-order chi connectivity index (χ1) is 10.5. The van der Waals surface area contributed by atoms with E-state index in [1.165, 1.54) is 12.1 Å². The third-order valence-corrected chi connectivity index (χ3v) is 3.13. The van der Waals surface area contributed by atoms with Crippen molar-refractivity contribution in [2.24, 2.45) is 0 Å². The number of unbranched alkanes of at least 4 members (excludes halogenated alkanes) is 3. The normalized spacial score (nSPS) is 11.7. The van der Waals surface area contributed by atoms with Crippen molar-refractivity contribution < 1.29 is 23.8 Å². The van der Waals surface area contributed by atoms with E-state index < -0.39 is 17.9 Å². The van der Waals surface area contributed by atoms with Gasteiger partial charge in [0.2, 0.25) is 0 Å². The fourth-order valence-electron chi connectivity index (χ4n) is 1.89. The second-order valence-corrected chi connectivity index (χ2v) is 5.04. The molecule has 1 aromatic rings. The Balaban J connectivity index is 2.17. The van der Waals surface area contributed by atoms with Gasteiger partial charge in [0.05, 0.1) is 0 Å². The van der Waals surface area contributed by atoms with Crippen LogP contribution >= 0.6 is 0 Å². The smallest absolute Gasteiger partial charge is 0.303 e. The SMILES string of the molecule is CC(Oc1ccccc1F)C(=O)NCCCCCCC(=O)O. The lowest BCUT2D eigenvalue weighted by atomic mass is 10.1. The molecule has 0 fully saturated rings. The van der Waals surface area contributed by atoms with Crippen LogP contribution in [0.3, 0.4) is 0 Å². The molecule has 2 N–H and O–H groups in total. The molecule has 5 nitrogen and oxygen atoms in total. The van der Waals surface area contributed by atoms with E-state index in [1.807, 2.05) is 0 Å². The molecule has 1 unspecified atom stereocenters. The average Bonchev–Trinajstić information content (AvgIpc) is 2.48. The van der Waals surface area contributed by atoms with Gasteiger partial charge in [-0.2, -0.15) is 0 Å². The number of benzene rings is 1. The van der Waals surface area contributed by atoms with Gasteiger partial charge >= 0.3 is 5.97 Å². The minimum Gasteiger partial charge on any atom is -0.481 e. The number of carbonyl (C=O) groups is 2. The van der Waals surface area contributed by atoms with Gasteiger partial charge in [-0.25, -0.2) is 4.39 Å². The Morgan fingerprint density at radius 2 is 1.91 bits per heavy atom. The summed E-state index contributed by atoms with van der Waals surface area (Å²) in [6.45, 7) is 2.06. The van der Waals surface area contributed by atoms with Crippen LogP contribution in [-0.4, -0.2) is 29.6 Å². The highest BCUT2D eigenvalue weighted by Crippen LogP contribution is 2.16. The highest BCUT2D eigenvalue weighted by atomic mass is 19.1. The van der Waals surface area contributed by atoms with Gasteiger partial charge in [-0.3, -0.25) is 9.59 Å². The van der Waals surface area contributed by atoms with Gasteiger partial charge in [-0.15, -0.1) is 0 Å². The summed E-state index contributed by atoms with van der Waals surface area (Å²) in [5.41, 5.74) is 0. The summed E-state index contributed by atoms with van der Waals surface area (Å²) in [6.07, 6.45) is 2.51. The van der Waals surface area contributed by atoms with Gasteiger partial charge in [0.15, 0.2) is 17.7 Å². The molecule has 0 aliphatic heterocycles. The first kappa shape index (κ1) is 17.9. The Morgan fingerprint density at radius 3 is 2.59 bits per heavy atom. The van der Waals surface area contributed by atoms with Crippen molar-refractivity contribution in [2.45, 2.75) is 45.1 Å². The quantitative estimate of drug-likeness (QED) is 0.652. The van der Waals surface area contributed by atoms with Crippen LogP contribution in [0.2, 0.25) is 0 Å². The van der Waals surface area contributed by atoms with Crippen LogP contribution in [0.5, 0.6) is 5.75 Å². The molecule has 0 aromatic heterocycles. The molecule has 0 spiro atoms. The standard InChI is InChI=1S/C16H22FNO4/c1-12(22-14-9-6-5-8-13(14)17)16(21)18-11-7-3-2-4-10-15(19)20/h5-6,8-9,12H,2-4,7,10-11H2,1H3,(H,18,21)(H,19,20). The highest BCUT2D eigenvalue weighted by Gasteiger charge is 2.15. The van der Waals surface area contributed by atoms with Gasteiger partial charge in [-0.1, -0.05) is 25.0 Å². The molecule has 0 saturated heterocycles. The van der Waals surface area contributed by atoms with Crippen LogP contribution in [0.4, 0.5) is 4.39 Å². The largest absolute Gasteiger partial charge is 0.481 e. The van der Waals surface area contributed by atoms with Crippen molar-refractivity contribution in [1.29, 1.82) is 0 Å². The van der Waals surface area contributed by atoms with E-state index in [4.69, 9.17) is 9.84 Å². The predicted molar refractivity (Wildman–Crippen MR) is 80.2 cm³/mol. The number of rotatable bonds is 10. The van der Waals surface area contributed by atoms with Gasteiger partial charge in [-0.05, 0) is 31.9 Å². The second kappa shape index (κ2) is 9.76. The van der Waals surface area contributed by atoms with E-state index in [-0.39, 0.29) is 18.1 Å². The van der Waals surface area contributed by atoms with Crippen LogP contribution in [0.15, 0.2) is 24.3 Å². The van der Waals surface area contributed by atoms with E-state index in [0.717, 1.165) is 19.3 Å². The summed E-state index contributed by atoms with van der Waals surface area (Å²) in [7, 11) is 0. The molecule has 1 rings (SSSR count). The molecule has 0 radical (unpaired) electrons. The van der Waals surface area contributed by atoms with Gasteiger partial charge < -0.3 is 15.2 Å². The number of ether oxygens (including phenoxy) is 1. The van der Waals surface area contributed by atoms with Gasteiger partial charge in [0.1, 0.15) is 0 Å². The molecule has 0 bridgehead atoms. The number of amides is 1. The van der Waals surface area contributed by atoms with Crippen molar-refractivity contribution in [1.82, 2.24) is 5.32 Å². The molecule has 0 aliphatic rings. The van der Waals surface area contributed by atoms with Crippen molar-refractivity contribution in [2.75, 3.05) is 6.54 Å². The lowest BCUT2D eigenvalue weighted by Gasteiger charge is -2.15. The van der Waals surface area contributed by atoms with Crippen molar-refractivity contribution >= 4 is 11.9 Å². The monoisotopic (exact) mass is 311 g/mol. The Bertz CT molecular complexity index is 493. The molecule has 0 aliphatic carbocycles. The summed E-state index contributed by atoms with van der Waals surface area (Å²) < 4.78 is 18.7. The fraction of sp³-hybridized carbons (Fsp3) is 0.500. The zero-order chi connectivity index (χ0) is 16.4. The maximum Gasteiger partial charge on any atom is 0.303 e. The maximum atomic E-state index is 13.4. The molecule has 1 amide bonds. The molecule has 22 heavy (non-hydrogen) atoms. The van der Waals surface area contributed by atoms with E-state index in [2.05, 4.69) is 5.32 Å². The number of carboxylic acid groups (broad SMARTS) is 1. The van der Waals surface area contributed by atoms with Crippen molar-refractivity contribution in [3.8, 4) is 5.75 Å². The van der Waals surface area contributed by atoms with E-state index in [0.29, 0.717) is 13.0 Å². The minimum atomic E-state index is -0.785. The number of carboxylic acids is 1. The molecule has 1 atom stereocenters. The lowest BCUT2D eigenvalue weighted by Crippen LogP contribution is -2.36. The first-order valence-corrected chi connectivity index (χ1v) is 7.41. The third kappa shape index (κ3) is 7.06. The van der Waals surface area contributed by atoms with Crippen LogP contribution in [0.1, 0.15) is 39.0 Å². The number of carbonyl (C=O) groups excluding carboxylic acids is 1. The zero-order valence-corrected chi connectivity index (χ0v) is 12.7. The van der Waals surface area contributed by atoms with Crippen LogP contribution < -0.4 is 10.1 Å². The molecule has 122 valence electrons. The number of hydrogen-bond donors (Lipinski definition) is 2. The summed E-state index contributed by atoms with van der Waals surface area (Å²) in [4.78, 5) is 22.1. The number of hydrogen-bond acceptors (Lipinski definition) is 3. The van der Waals surface area contributed by atoms with Crippen LogP contribution in [-0.2, 0) is 9.59 Å². The van der Waals surface area contributed by atoms with Gasteiger partial charge in [0.25, 0.3) is 5.91 Å². The summed E-state index contributed by atoms with van der Waals surface area (Å²) in [5.74, 6) is -1.53. The van der Waals surface area contributed by atoms with Crippen molar-refractivity contribution in [3.05, 3.63) is 30.1 Å². The van der Waals surface area contributed by atoms with E-state index >= 15 is 0 Å². The summed E-state index contributed by atoms with van der Waals surface area (Å²) in [6, 6.07) is 5.94. The fourth-order valence-corrected chi connectivity index (χ4v) is 1.89. The maximum absolute atomic E-state index is 13.4. The van der Waals surface area contributed by atoms with E-state index in [9.17, 15) is 14.0 Å². The average molecular weight is 311 g/mol. The molecule has 1 aromatic carbocycles. The van der Waals surface area contributed by atoms with Crippen LogP contribution in [0.25, 0.3) is 0 Å². The minimum absolute atomic E-state index is 0.0545. The van der Waals surface area contributed by atoms with Gasteiger partial charge in [0, 0.05) is 13.0 Å². The lowest BCUT2D eigenvalue weighted by molar-refractivity contribution is -0.137. The van der Waals surface area contributed by atoms with E-state index in [1.54, 1.807) is 19.1 Å². The Labute approximate surface area is 129 Å². The molecule has 6 heteroatoms. The predicted octanol–water partition coefficient (Wildman–Crippen LogP) is 2.74. The Hall–Kier alpha value is -2.11. The summed E-state index contributed by atoms with van der Waals surface area (Å²) >= 11 is 0. The molecule has 0 saturated carbocycles. The third-order valence-electron chi connectivity index (χ3n) is 3.13. The van der Waals surface area contributed by atoms with Crippen LogP contribution in [0, 0.1) is 5.82 Å². The molecular formula is C16H22FNO4. The molecular weight excluding hydrogens is 289 g/mol. The number of nitrogens with one attached hydrogen (secondary N) is 1. The summed E-state index contributed by atoms with van der Waals surface area (Å²) in [5, 5.41) is 11.2. The second-order valence-electron chi connectivity index (χ2n) is 5.04. The Kier molecular flexibility index (Phi) is 7.96. The van der Waals surface area contributed by atoms with Crippen molar-refractivity contribution in [3.63, 3.8) is 0 Å². The number of halogens is 1. The topological polar surface area (TPSA) is 75.6 Å². The Morgan fingerprint density at radius 1 is 1.23 bits per heavy atom. The highest BCUT2D eigenvalue weighted by molar-refractivity contribution is 5.80. The first-order valence-electron chi connectivity index (χ1n) is 7.41.